The van der Waals surface area contributed by atoms with E-state index in [0.717, 1.165) is 86.2 Å². The van der Waals surface area contributed by atoms with E-state index in [9.17, 15) is 0 Å². The Hall–Kier alpha value is -2.36. The summed E-state index contributed by atoms with van der Waals surface area (Å²) in [6, 6.07) is 20.8. The van der Waals surface area contributed by atoms with Crippen LogP contribution >= 0.6 is 92.8 Å². The summed E-state index contributed by atoms with van der Waals surface area (Å²) in [5.74, 6) is 0. The highest BCUT2D eigenvalue weighted by Crippen LogP contribution is 2.60. The highest BCUT2D eigenvalue weighted by molar-refractivity contribution is 6.64. The van der Waals surface area contributed by atoms with Crippen molar-refractivity contribution < 1.29 is 0 Å². The van der Waals surface area contributed by atoms with Crippen molar-refractivity contribution in [1.82, 2.24) is 0 Å². The molecule has 0 spiro atoms. The minimum absolute atomic E-state index is 0.208. The minimum Gasteiger partial charge on any atom is -0.0827 e. The Balaban J connectivity index is 1.75. The lowest BCUT2D eigenvalue weighted by Crippen LogP contribution is -1.83. The Labute approximate surface area is 288 Å². The average molecular weight is 726 g/mol. The molecule has 0 saturated heterocycles. The van der Waals surface area contributed by atoms with Gasteiger partial charge in [0.15, 0.2) is 0 Å². The second-order valence-corrected chi connectivity index (χ2v) is 14.3. The first-order chi connectivity index (χ1) is 21.2. The van der Waals surface area contributed by atoms with Gasteiger partial charge in [0, 0.05) is 43.1 Å². The first-order valence-electron chi connectivity index (χ1n) is 13.6. The molecule has 0 amide bonds. The lowest BCUT2D eigenvalue weighted by atomic mass is 9.97. The first kappa shape index (κ1) is 26.8. The van der Waals surface area contributed by atoms with Gasteiger partial charge in [0.25, 0.3) is 0 Å². The quantitative estimate of drug-likeness (QED) is 0.137. The Morgan fingerprint density at radius 2 is 0.705 bits per heavy atom. The van der Waals surface area contributed by atoms with Crippen LogP contribution in [-0.4, -0.2) is 0 Å². The maximum Gasteiger partial charge on any atom is 0.0791 e. The molecular weight excluding hydrogens is 716 g/mol. The molecule has 10 rings (SSSR count). The Bertz CT molecular complexity index is 2960. The lowest BCUT2D eigenvalue weighted by Gasteiger charge is -2.10. The number of fused-ring (bicyclic) bond motifs is 12. The summed E-state index contributed by atoms with van der Waals surface area (Å²) < 4.78 is 0. The number of benzene rings is 7. The maximum atomic E-state index is 7.19. The van der Waals surface area contributed by atoms with Crippen molar-refractivity contribution >= 4 is 190 Å². The van der Waals surface area contributed by atoms with E-state index in [1.807, 2.05) is 18.2 Å². The van der Waals surface area contributed by atoms with Crippen LogP contribution in [0, 0.1) is 0 Å². The summed E-state index contributed by atoms with van der Waals surface area (Å²) in [4.78, 5) is 0. The van der Waals surface area contributed by atoms with Crippen molar-refractivity contribution in [3.8, 4) is 0 Å². The summed E-state index contributed by atoms with van der Waals surface area (Å²) >= 11 is 55.6. The monoisotopic (exact) mass is 722 g/mol. The topological polar surface area (TPSA) is 0 Å². The summed E-state index contributed by atoms with van der Waals surface area (Å²) in [5.41, 5.74) is 0. The van der Waals surface area contributed by atoms with Crippen LogP contribution in [0.3, 0.4) is 0 Å². The summed E-state index contributed by atoms with van der Waals surface area (Å²) in [7, 11) is 0. The van der Waals surface area contributed by atoms with Crippen molar-refractivity contribution in [3.63, 3.8) is 0 Å². The Morgan fingerprint density at radius 1 is 0.273 bits per heavy atom. The Morgan fingerprint density at radius 3 is 1.34 bits per heavy atom. The van der Waals surface area contributed by atoms with Gasteiger partial charge < -0.3 is 0 Å². The van der Waals surface area contributed by atoms with Crippen LogP contribution in [0.1, 0.15) is 0 Å². The number of rotatable bonds is 0. The van der Waals surface area contributed by atoms with Crippen molar-refractivity contribution in [3.05, 3.63) is 101 Å². The third-order valence-electron chi connectivity index (χ3n) is 9.43. The smallest absolute Gasteiger partial charge is 0.0791 e. The molecule has 0 nitrogen and oxygen atoms in total. The van der Waals surface area contributed by atoms with Gasteiger partial charge in [0.05, 0.1) is 40.2 Å². The summed E-state index contributed by atoms with van der Waals surface area (Å²) in [6.45, 7) is 0. The molecule has 0 saturated carbocycles. The van der Waals surface area contributed by atoms with Crippen molar-refractivity contribution in [2.75, 3.05) is 0 Å². The predicted octanol–water partition coefficient (Wildman–Crippen LogP) is 15.6. The molecule has 0 unspecified atom stereocenters. The molecule has 0 aromatic heterocycles. The van der Waals surface area contributed by atoms with Crippen LogP contribution in [0.2, 0.25) is 40.2 Å². The molecule has 0 aliphatic rings. The average Bonchev–Trinajstić information content (AvgIpc) is 3.66. The van der Waals surface area contributed by atoms with Crippen molar-refractivity contribution in [1.29, 1.82) is 0 Å². The van der Waals surface area contributed by atoms with E-state index in [0.29, 0.717) is 35.5 Å². The fourth-order valence-corrected chi connectivity index (χ4v) is 10.00. The van der Waals surface area contributed by atoms with Gasteiger partial charge in [-0.05, 0) is 59.9 Å². The van der Waals surface area contributed by atoms with E-state index in [1.165, 1.54) is 5.39 Å². The molecule has 0 bridgehead atoms. The fourth-order valence-electron chi connectivity index (χ4n) is 7.92. The van der Waals surface area contributed by atoms with Gasteiger partial charge in [-0.2, -0.15) is 0 Å². The second kappa shape index (κ2) is 8.71. The van der Waals surface area contributed by atoms with Crippen molar-refractivity contribution in [2.45, 2.75) is 0 Å². The standard InChI is InChI=1S/C36H10Cl8/c37-17-10-16-23-21-13-7-2-5-11-4-1-6-12(18(11)13)20(21)22-14-8-3-9-15-19(14)27(32(40)35(43)30(15)38)25(22)26(23)28-24(16)29(31(17)39)34(42)36(44)33(28)41/h1-10H. The van der Waals surface area contributed by atoms with Gasteiger partial charge in [0.1, 0.15) is 0 Å². The second-order valence-electron chi connectivity index (χ2n) is 11.3. The van der Waals surface area contributed by atoms with Gasteiger partial charge in [-0.3, -0.25) is 0 Å². The third-order valence-corrected chi connectivity index (χ3v) is 12.9. The van der Waals surface area contributed by atoms with E-state index < -0.39 is 0 Å². The molecule has 0 aliphatic heterocycles. The zero-order chi connectivity index (χ0) is 30.1. The molecule has 0 fully saturated rings. The van der Waals surface area contributed by atoms with Crippen molar-refractivity contribution in [2.24, 2.45) is 0 Å². The Kier molecular flexibility index (Phi) is 5.31. The van der Waals surface area contributed by atoms with E-state index in [2.05, 4.69) is 42.5 Å². The maximum absolute atomic E-state index is 7.19. The molecule has 0 N–H and O–H groups in total. The van der Waals surface area contributed by atoms with Crippen LogP contribution in [0.15, 0.2) is 60.7 Å². The fraction of sp³-hybridized carbons (Fsp3) is 0. The molecule has 0 aliphatic carbocycles. The van der Waals surface area contributed by atoms with Gasteiger partial charge in [0.2, 0.25) is 0 Å². The molecular formula is C36H10Cl8. The van der Waals surface area contributed by atoms with E-state index >= 15 is 0 Å². The highest BCUT2D eigenvalue weighted by Gasteiger charge is 2.31. The van der Waals surface area contributed by atoms with Crippen LogP contribution in [0.25, 0.3) is 97.0 Å². The number of hydrogen-bond donors (Lipinski definition) is 0. The zero-order valence-corrected chi connectivity index (χ0v) is 27.8. The predicted molar refractivity (Wildman–Crippen MR) is 198 cm³/mol. The first-order valence-corrected chi connectivity index (χ1v) is 16.6. The van der Waals surface area contributed by atoms with Gasteiger partial charge in [-0.25, -0.2) is 0 Å². The molecule has 10 aromatic rings. The minimum atomic E-state index is 0.208. The number of hydrogen-bond acceptors (Lipinski definition) is 0. The molecule has 0 heterocycles. The van der Waals surface area contributed by atoms with Crippen LogP contribution < -0.4 is 0 Å². The largest absolute Gasteiger partial charge is 0.0827 e. The van der Waals surface area contributed by atoms with Crippen LogP contribution in [0.5, 0.6) is 0 Å². The van der Waals surface area contributed by atoms with Crippen LogP contribution in [-0.2, 0) is 0 Å². The lowest BCUT2D eigenvalue weighted by molar-refractivity contribution is 1.83. The molecule has 10 aromatic carbocycles. The molecule has 0 radical (unpaired) electrons. The summed E-state index contributed by atoms with van der Waals surface area (Å²) in [5, 5.41) is 19.8. The van der Waals surface area contributed by atoms with Crippen LogP contribution in [0.4, 0.5) is 0 Å². The van der Waals surface area contributed by atoms with E-state index in [1.54, 1.807) is 0 Å². The zero-order valence-electron chi connectivity index (χ0n) is 21.8. The number of halogens is 8. The van der Waals surface area contributed by atoms with E-state index in [4.69, 9.17) is 92.8 Å². The third kappa shape index (κ3) is 2.87. The van der Waals surface area contributed by atoms with E-state index in [-0.39, 0.29) is 10.0 Å². The molecule has 44 heavy (non-hydrogen) atoms. The molecule has 210 valence electrons. The summed E-state index contributed by atoms with van der Waals surface area (Å²) in [6.07, 6.45) is 0. The van der Waals surface area contributed by atoms with Gasteiger partial charge in [-0.15, -0.1) is 0 Å². The molecule has 0 atom stereocenters. The van der Waals surface area contributed by atoms with Gasteiger partial charge >= 0.3 is 0 Å². The van der Waals surface area contributed by atoms with Gasteiger partial charge in [-0.1, -0.05) is 147 Å². The normalized spacial score (nSPS) is 13.0. The molecule has 8 heteroatoms. The highest BCUT2D eigenvalue weighted by atomic mass is 35.5. The SMILES string of the molecule is Clc1cc2c3c(c1Cl)c(Cl)c(Cl)c(Cl)c3c1c2c2c3cccc4cccc(c43)c2c2c3cccc4c(Cl)c(Cl)c(Cl)c(c43)c21.